The zero-order chi connectivity index (χ0) is 22.5. The van der Waals surface area contributed by atoms with Crippen LogP contribution in [0.4, 0.5) is 0 Å². The van der Waals surface area contributed by atoms with Crippen LogP contribution in [0.2, 0.25) is 0 Å². The van der Waals surface area contributed by atoms with E-state index in [-0.39, 0.29) is 35.8 Å². The minimum Gasteiger partial charge on any atom is -0.359 e. The number of nitrogens with zero attached hydrogens (tertiary/aromatic N) is 1. The molecule has 5 aliphatic rings. The molecule has 2 bridgehead atoms. The minimum absolute atomic E-state index is 0.0940. The van der Waals surface area contributed by atoms with E-state index in [0.717, 1.165) is 51.4 Å². The molecule has 0 radical (unpaired) electrons. The third kappa shape index (κ3) is 3.47. The Bertz CT molecular complexity index is 799. The van der Waals surface area contributed by atoms with Crippen LogP contribution in [0.15, 0.2) is 12.2 Å². The maximum Gasteiger partial charge on any atom is 0.246 e. The number of fused-ring (bicyclic) bond motifs is 1. The Hall–Kier alpha value is -1.89. The van der Waals surface area contributed by atoms with Gasteiger partial charge in [-0.2, -0.15) is 0 Å². The number of hydrogen-bond acceptors (Lipinski definition) is 4. The molecule has 7 nitrogen and oxygen atoms in total. The summed E-state index contributed by atoms with van der Waals surface area (Å²) in [5.41, 5.74) is -1.04. The second kappa shape index (κ2) is 8.47. The number of carbonyl (C=O) groups excluding carboxylic acids is 3. The van der Waals surface area contributed by atoms with Crippen molar-refractivity contribution in [3.05, 3.63) is 12.2 Å². The van der Waals surface area contributed by atoms with Gasteiger partial charge in [-0.25, -0.2) is 0 Å². The number of rotatable bonds is 5. The first-order chi connectivity index (χ1) is 15.4. The molecule has 5 atom stereocenters. The molecule has 176 valence electrons. The maximum absolute atomic E-state index is 13.7. The molecule has 2 saturated carbocycles. The number of nitrogens with one attached hydrogen (secondary N) is 2. The van der Waals surface area contributed by atoms with E-state index in [2.05, 4.69) is 10.6 Å². The van der Waals surface area contributed by atoms with Crippen molar-refractivity contribution >= 4 is 17.7 Å². The van der Waals surface area contributed by atoms with E-state index < -0.39 is 29.6 Å². The lowest BCUT2D eigenvalue weighted by atomic mass is 9.74. The van der Waals surface area contributed by atoms with Crippen LogP contribution in [0.25, 0.3) is 0 Å². The zero-order valence-electron chi connectivity index (χ0n) is 19.3. The third-order valence-corrected chi connectivity index (χ3v) is 8.32. The topological polar surface area (TPSA) is 87.7 Å². The zero-order valence-corrected chi connectivity index (χ0v) is 19.3. The van der Waals surface area contributed by atoms with Gasteiger partial charge < -0.3 is 20.3 Å². The van der Waals surface area contributed by atoms with Gasteiger partial charge >= 0.3 is 0 Å². The van der Waals surface area contributed by atoms with E-state index in [1.165, 1.54) is 12.8 Å². The average Bonchev–Trinajstić information content (AvgIpc) is 3.42. The number of amides is 3. The molecule has 2 N–H and O–H groups in total. The quantitative estimate of drug-likeness (QED) is 0.639. The molecule has 1 spiro atoms. The van der Waals surface area contributed by atoms with Gasteiger partial charge in [-0.1, -0.05) is 50.7 Å². The van der Waals surface area contributed by atoms with Crippen molar-refractivity contribution < 1.29 is 19.1 Å². The number of hydrogen-bond donors (Lipinski definition) is 2. The predicted molar refractivity (Wildman–Crippen MR) is 120 cm³/mol. The summed E-state index contributed by atoms with van der Waals surface area (Å²) < 4.78 is 6.39. The molecule has 0 aromatic carbocycles. The molecule has 4 fully saturated rings. The van der Waals surface area contributed by atoms with Crippen LogP contribution in [-0.4, -0.2) is 58.5 Å². The normalized spacial score (nSPS) is 37.2. The molecule has 3 aliphatic heterocycles. The lowest BCUT2D eigenvalue weighted by Crippen LogP contribution is -2.57. The average molecular weight is 444 g/mol. The van der Waals surface area contributed by atoms with Crippen molar-refractivity contribution in [1.29, 1.82) is 0 Å². The summed E-state index contributed by atoms with van der Waals surface area (Å²) in [6, 6.07) is -0.541. The summed E-state index contributed by atoms with van der Waals surface area (Å²) >= 11 is 0. The van der Waals surface area contributed by atoms with E-state index in [0.29, 0.717) is 0 Å². The van der Waals surface area contributed by atoms with Gasteiger partial charge in [0.2, 0.25) is 17.7 Å². The fraction of sp³-hybridized carbons (Fsp3) is 0.800. The van der Waals surface area contributed by atoms with E-state index in [4.69, 9.17) is 4.74 Å². The summed E-state index contributed by atoms with van der Waals surface area (Å²) in [5.74, 6) is -1.56. The first-order valence-corrected chi connectivity index (χ1v) is 12.7. The van der Waals surface area contributed by atoms with Crippen molar-refractivity contribution in [2.75, 3.05) is 0 Å². The first kappa shape index (κ1) is 21.9. The molecule has 0 aromatic rings. The number of likely N-dealkylation sites (tertiary alicyclic amines) is 1. The molecule has 0 unspecified atom stereocenters. The molecule has 7 heteroatoms. The summed E-state index contributed by atoms with van der Waals surface area (Å²) in [6.45, 7) is 3.87. The smallest absolute Gasteiger partial charge is 0.246 e. The van der Waals surface area contributed by atoms with Gasteiger partial charge in [-0.3, -0.25) is 14.4 Å². The molecule has 2 aliphatic carbocycles. The van der Waals surface area contributed by atoms with Crippen LogP contribution in [-0.2, 0) is 19.1 Å². The number of ether oxygens (including phenoxy) is 1. The summed E-state index contributed by atoms with van der Waals surface area (Å²) in [6.07, 6.45) is 14.3. The van der Waals surface area contributed by atoms with Gasteiger partial charge in [0.25, 0.3) is 0 Å². The maximum atomic E-state index is 13.7. The van der Waals surface area contributed by atoms with Crippen LogP contribution in [0.3, 0.4) is 0 Å². The van der Waals surface area contributed by atoms with E-state index in [1.54, 1.807) is 4.90 Å². The van der Waals surface area contributed by atoms with Crippen LogP contribution < -0.4 is 10.6 Å². The highest BCUT2D eigenvalue weighted by Gasteiger charge is 2.73. The highest BCUT2D eigenvalue weighted by Crippen LogP contribution is 2.55. The van der Waals surface area contributed by atoms with E-state index in [9.17, 15) is 14.4 Å². The SMILES string of the molecule is CC(C)N1C(=O)[C@@H]2[C@@H](C(=O)NC3CCCCC3)[C@H]3C=C[C@@]2(O3)[C@H]1C(=O)NC1CCCCC1. The minimum atomic E-state index is -1.04. The molecular weight excluding hydrogens is 406 g/mol. The van der Waals surface area contributed by atoms with E-state index >= 15 is 0 Å². The van der Waals surface area contributed by atoms with Crippen LogP contribution in [0.1, 0.15) is 78.1 Å². The van der Waals surface area contributed by atoms with Crippen molar-refractivity contribution in [1.82, 2.24) is 15.5 Å². The molecule has 2 saturated heterocycles. The molecular formula is C25H37N3O4. The van der Waals surface area contributed by atoms with Crippen LogP contribution in [0.5, 0.6) is 0 Å². The molecule has 3 heterocycles. The Morgan fingerprint density at radius 2 is 1.53 bits per heavy atom. The van der Waals surface area contributed by atoms with E-state index in [1.807, 2.05) is 26.0 Å². The van der Waals surface area contributed by atoms with Crippen molar-refractivity contribution in [2.24, 2.45) is 11.8 Å². The van der Waals surface area contributed by atoms with Gasteiger partial charge in [-0.15, -0.1) is 0 Å². The molecule has 0 aromatic heterocycles. The Kier molecular flexibility index (Phi) is 5.81. The highest BCUT2D eigenvalue weighted by molar-refractivity contribution is 6.00. The molecule has 3 amide bonds. The summed E-state index contributed by atoms with van der Waals surface area (Å²) in [5, 5.41) is 6.42. The summed E-state index contributed by atoms with van der Waals surface area (Å²) in [7, 11) is 0. The molecule has 32 heavy (non-hydrogen) atoms. The highest BCUT2D eigenvalue weighted by atomic mass is 16.5. The van der Waals surface area contributed by atoms with Gasteiger partial charge in [0.15, 0.2) is 0 Å². The van der Waals surface area contributed by atoms with Gasteiger partial charge in [0.05, 0.1) is 17.9 Å². The Labute approximate surface area is 190 Å². The Morgan fingerprint density at radius 3 is 2.09 bits per heavy atom. The van der Waals surface area contributed by atoms with Crippen molar-refractivity contribution in [3.8, 4) is 0 Å². The second-order valence-electron chi connectivity index (χ2n) is 10.7. The third-order valence-electron chi connectivity index (χ3n) is 8.32. The largest absolute Gasteiger partial charge is 0.359 e. The monoisotopic (exact) mass is 443 g/mol. The Balaban J connectivity index is 1.40. The van der Waals surface area contributed by atoms with Crippen molar-refractivity contribution in [3.63, 3.8) is 0 Å². The summed E-state index contributed by atoms with van der Waals surface area (Å²) in [4.78, 5) is 42.3. The molecule has 5 rings (SSSR count). The first-order valence-electron chi connectivity index (χ1n) is 12.7. The Morgan fingerprint density at radius 1 is 0.969 bits per heavy atom. The van der Waals surface area contributed by atoms with Gasteiger partial charge in [-0.05, 0) is 39.5 Å². The van der Waals surface area contributed by atoms with Gasteiger partial charge in [0, 0.05) is 18.1 Å². The fourth-order valence-corrected chi connectivity index (χ4v) is 6.83. The fourth-order valence-electron chi connectivity index (χ4n) is 6.83. The predicted octanol–water partition coefficient (Wildman–Crippen LogP) is 2.44. The number of carbonyl (C=O) groups is 3. The van der Waals surface area contributed by atoms with Gasteiger partial charge in [0.1, 0.15) is 11.6 Å². The lowest BCUT2D eigenvalue weighted by molar-refractivity contribution is -0.144. The lowest BCUT2D eigenvalue weighted by Gasteiger charge is -2.35. The van der Waals surface area contributed by atoms with Crippen LogP contribution in [0, 0.1) is 11.8 Å². The second-order valence-corrected chi connectivity index (χ2v) is 10.7. The standard InChI is InChI=1S/C25H37N3O4/c1-15(2)28-21(23(30)27-17-11-7-4-8-12-17)25-14-13-18(32-25)19(20(25)24(28)31)22(29)26-16-9-5-3-6-10-16/h13-21H,3-12H2,1-2H3,(H,26,29)(H,27,30)/t18-,19+,20+,21-,25+/m1/s1. The van der Waals surface area contributed by atoms with Crippen molar-refractivity contribution in [2.45, 2.75) is 114 Å². The van der Waals surface area contributed by atoms with Crippen LogP contribution >= 0.6 is 0 Å².